The van der Waals surface area contributed by atoms with Crippen LogP contribution in [-0.4, -0.2) is 60.9 Å². The summed E-state index contributed by atoms with van der Waals surface area (Å²) in [5.41, 5.74) is 0. The molecule has 2 amide bonds. The zero-order valence-corrected chi connectivity index (χ0v) is 11.0. The number of nitrogens with zero attached hydrogens (tertiary/aromatic N) is 2. The molecule has 1 N–H and O–H groups in total. The minimum atomic E-state index is 0.0581. The molecule has 1 aliphatic rings. The highest BCUT2D eigenvalue weighted by Crippen LogP contribution is 2.07. The topological polar surface area (TPSA) is 52.7 Å². The van der Waals surface area contributed by atoms with E-state index >= 15 is 0 Å². The van der Waals surface area contributed by atoms with Crippen LogP contribution in [0.15, 0.2) is 0 Å². The van der Waals surface area contributed by atoms with E-state index in [9.17, 15) is 9.59 Å². The van der Waals surface area contributed by atoms with E-state index in [1.807, 2.05) is 6.92 Å². The lowest BCUT2D eigenvalue weighted by molar-refractivity contribution is -0.150. The molecule has 5 nitrogen and oxygen atoms in total. The first-order valence-corrected chi connectivity index (χ1v) is 6.34. The quantitative estimate of drug-likeness (QED) is 0.708. The molecule has 0 bridgehead atoms. The van der Waals surface area contributed by atoms with Crippen molar-refractivity contribution in [3.05, 3.63) is 0 Å². The zero-order valence-electron chi connectivity index (χ0n) is 11.0. The Kier molecular flexibility index (Phi) is 5.41. The summed E-state index contributed by atoms with van der Waals surface area (Å²) in [4.78, 5) is 26.8. The SMILES string of the molecule is CCNCC(C)CN1CC(=O)N(CC)CC1=O. The number of nitrogens with one attached hydrogen (secondary N) is 1. The van der Waals surface area contributed by atoms with E-state index in [4.69, 9.17) is 0 Å². The van der Waals surface area contributed by atoms with Gasteiger partial charge in [-0.2, -0.15) is 0 Å². The summed E-state index contributed by atoms with van der Waals surface area (Å²) < 4.78 is 0. The van der Waals surface area contributed by atoms with Crippen LogP contribution < -0.4 is 5.32 Å². The van der Waals surface area contributed by atoms with Crippen LogP contribution in [0.2, 0.25) is 0 Å². The van der Waals surface area contributed by atoms with Gasteiger partial charge in [-0.3, -0.25) is 9.59 Å². The largest absolute Gasteiger partial charge is 0.332 e. The molecule has 0 aromatic carbocycles. The molecular formula is C12H23N3O2. The minimum Gasteiger partial charge on any atom is -0.332 e. The predicted octanol–water partition coefficient (Wildman–Crippen LogP) is -0.0773. The monoisotopic (exact) mass is 241 g/mol. The molecule has 0 aromatic heterocycles. The highest BCUT2D eigenvalue weighted by molar-refractivity contribution is 5.92. The van der Waals surface area contributed by atoms with Crippen LogP contribution in [-0.2, 0) is 9.59 Å². The molecule has 1 rings (SSSR count). The molecule has 0 aromatic rings. The Balaban J connectivity index is 2.44. The van der Waals surface area contributed by atoms with Gasteiger partial charge in [0.15, 0.2) is 0 Å². The molecule has 1 saturated heterocycles. The van der Waals surface area contributed by atoms with Gasteiger partial charge in [0.05, 0.1) is 13.1 Å². The third-order valence-electron chi connectivity index (χ3n) is 3.01. The summed E-state index contributed by atoms with van der Waals surface area (Å²) in [5.74, 6) is 0.498. The van der Waals surface area contributed by atoms with E-state index in [1.165, 1.54) is 0 Å². The predicted molar refractivity (Wildman–Crippen MR) is 66.5 cm³/mol. The molecule has 1 unspecified atom stereocenters. The number of amides is 2. The summed E-state index contributed by atoms with van der Waals surface area (Å²) >= 11 is 0. The molecule has 1 heterocycles. The first-order valence-electron chi connectivity index (χ1n) is 6.34. The molecule has 1 atom stereocenters. The van der Waals surface area contributed by atoms with Crippen molar-refractivity contribution >= 4 is 11.8 Å². The maximum atomic E-state index is 11.8. The van der Waals surface area contributed by atoms with Gasteiger partial charge in [-0.1, -0.05) is 13.8 Å². The summed E-state index contributed by atoms with van der Waals surface area (Å²) in [5, 5.41) is 3.25. The van der Waals surface area contributed by atoms with Crippen LogP contribution >= 0.6 is 0 Å². The lowest BCUT2D eigenvalue weighted by Gasteiger charge is -2.34. The van der Waals surface area contributed by atoms with Crippen molar-refractivity contribution in [2.75, 3.05) is 39.3 Å². The third kappa shape index (κ3) is 4.00. The van der Waals surface area contributed by atoms with Crippen LogP contribution in [0.1, 0.15) is 20.8 Å². The number of carbonyl (C=O) groups excluding carboxylic acids is 2. The van der Waals surface area contributed by atoms with Crippen LogP contribution in [0, 0.1) is 5.92 Å². The van der Waals surface area contributed by atoms with Crippen molar-refractivity contribution in [3.63, 3.8) is 0 Å². The summed E-state index contributed by atoms with van der Waals surface area (Å²) in [6.07, 6.45) is 0. The van der Waals surface area contributed by atoms with Crippen molar-refractivity contribution in [2.45, 2.75) is 20.8 Å². The van der Waals surface area contributed by atoms with E-state index in [1.54, 1.807) is 9.80 Å². The lowest BCUT2D eigenvalue weighted by atomic mass is 10.1. The Bertz CT molecular complexity index is 281. The molecule has 0 aliphatic carbocycles. The number of hydrogen-bond acceptors (Lipinski definition) is 3. The Hall–Kier alpha value is -1.10. The second-order valence-electron chi connectivity index (χ2n) is 4.60. The van der Waals surface area contributed by atoms with Crippen molar-refractivity contribution in [1.29, 1.82) is 0 Å². The highest BCUT2D eigenvalue weighted by atomic mass is 16.2. The fourth-order valence-corrected chi connectivity index (χ4v) is 1.99. The van der Waals surface area contributed by atoms with Crippen molar-refractivity contribution in [2.24, 2.45) is 5.92 Å². The second kappa shape index (κ2) is 6.59. The van der Waals surface area contributed by atoms with Gasteiger partial charge in [-0.15, -0.1) is 0 Å². The highest BCUT2D eigenvalue weighted by Gasteiger charge is 2.29. The molecule has 5 heteroatoms. The smallest absolute Gasteiger partial charge is 0.242 e. The fourth-order valence-electron chi connectivity index (χ4n) is 1.99. The molecule has 0 radical (unpaired) electrons. The van der Waals surface area contributed by atoms with Crippen LogP contribution in [0.5, 0.6) is 0 Å². The molecule has 17 heavy (non-hydrogen) atoms. The van der Waals surface area contributed by atoms with Gasteiger partial charge in [0.25, 0.3) is 0 Å². The van der Waals surface area contributed by atoms with Crippen LogP contribution in [0.3, 0.4) is 0 Å². The summed E-state index contributed by atoms with van der Waals surface area (Å²) in [6.45, 7) is 9.61. The fraction of sp³-hybridized carbons (Fsp3) is 0.833. The van der Waals surface area contributed by atoms with E-state index in [-0.39, 0.29) is 24.9 Å². The van der Waals surface area contributed by atoms with Gasteiger partial charge >= 0.3 is 0 Å². The van der Waals surface area contributed by atoms with Crippen molar-refractivity contribution < 1.29 is 9.59 Å². The van der Waals surface area contributed by atoms with Crippen LogP contribution in [0.25, 0.3) is 0 Å². The second-order valence-corrected chi connectivity index (χ2v) is 4.60. The Morgan fingerprint density at radius 1 is 1.18 bits per heavy atom. The third-order valence-corrected chi connectivity index (χ3v) is 3.01. The molecular weight excluding hydrogens is 218 g/mol. The molecule has 98 valence electrons. The summed E-state index contributed by atoms with van der Waals surface area (Å²) in [7, 11) is 0. The van der Waals surface area contributed by atoms with E-state index in [2.05, 4.69) is 19.2 Å². The number of rotatable bonds is 6. The average Bonchev–Trinajstić information content (AvgIpc) is 2.30. The molecule has 1 fully saturated rings. The molecule has 0 saturated carbocycles. The van der Waals surface area contributed by atoms with E-state index in [0.717, 1.165) is 13.1 Å². The standard InChI is InChI=1S/C12H23N3O2/c1-4-13-6-10(3)7-15-9-11(16)14(5-2)8-12(15)17/h10,13H,4-9H2,1-3H3. The van der Waals surface area contributed by atoms with Crippen molar-refractivity contribution in [1.82, 2.24) is 15.1 Å². The Labute approximate surface area is 103 Å². The van der Waals surface area contributed by atoms with E-state index < -0.39 is 0 Å². The number of piperazine rings is 1. The zero-order chi connectivity index (χ0) is 12.8. The Morgan fingerprint density at radius 2 is 1.76 bits per heavy atom. The van der Waals surface area contributed by atoms with Gasteiger partial charge < -0.3 is 15.1 Å². The number of hydrogen-bond donors (Lipinski definition) is 1. The summed E-state index contributed by atoms with van der Waals surface area (Å²) in [6, 6.07) is 0. The number of likely N-dealkylation sites (N-methyl/N-ethyl adjacent to an activating group) is 1. The van der Waals surface area contributed by atoms with Gasteiger partial charge in [0, 0.05) is 13.1 Å². The maximum Gasteiger partial charge on any atom is 0.242 e. The lowest BCUT2D eigenvalue weighted by Crippen LogP contribution is -2.54. The number of carbonyl (C=O) groups is 2. The average molecular weight is 241 g/mol. The van der Waals surface area contributed by atoms with Gasteiger partial charge in [0.1, 0.15) is 0 Å². The normalized spacial score (nSPS) is 18.8. The Morgan fingerprint density at radius 3 is 2.35 bits per heavy atom. The van der Waals surface area contributed by atoms with Crippen LogP contribution in [0.4, 0.5) is 0 Å². The van der Waals surface area contributed by atoms with Crippen molar-refractivity contribution in [3.8, 4) is 0 Å². The minimum absolute atomic E-state index is 0.0581. The molecule has 0 spiro atoms. The van der Waals surface area contributed by atoms with E-state index in [0.29, 0.717) is 19.0 Å². The van der Waals surface area contributed by atoms with Gasteiger partial charge in [-0.05, 0) is 25.9 Å². The van der Waals surface area contributed by atoms with Gasteiger partial charge in [0.2, 0.25) is 11.8 Å². The maximum absolute atomic E-state index is 11.8. The van der Waals surface area contributed by atoms with Gasteiger partial charge in [-0.25, -0.2) is 0 Å². The first kappa shape index (κ1) is 14.0. The first-order chi connectivity index (χ1) is 8.08. The molecule has 1 aliphatic heterocycles.